The number of carbonyl (C=O) groups is 1. The van der Waals surface area contributed by atoms with E-state index < -0.39 is 57.2 Å². The minimum absolute atomic E-state index is 0.0247. The Hall–Kier alpha value is -4.72. The van der Waals surface area contributed by atoms with E-state index in [9.17, 15) is 26.4 Å². The van der Waals surface area contributed by atoms with E-state index in [1.165, 1.54) is 30.3 Å². The Morgan fingerprint density at radius 1 is 1.02 bits per heavy atom. The summed E-state index contributed by atoms with van der Waals surface area (Å²) in [6, 6.07) is 9.19. The molecule has 3 aromatic carbocycles. The van der Waals surface area contributed by atoms with Gasteiger partial charge in [0.2, 0.25) is 10.0 Å². The highest BCUT2D eigenvalue weighted by atomic mass is 32.2. The zero-order valence-electron chi connectivity index (χ0n) is 21.5. The molecule has 1 aromatic heterocycles. The van der Waals surface area contributed by atoms with Crippen molar-refractivity contribution in [2.45, 2.75) is 12.8 Å². The van der Waals surface area contributed by atoms with Crippen molar-refractivity contribution in [2.24, 2.45) is 0 Å². The van der Waals surface area contributed by atoms with Gasteiger partial charge in [0.1, 0.15) is 23.1 Å². The normalized spacial score (nSPS) is 12.6. The lowest BCUT2D eigenvalue weighted by atomic mass is 10.0. The van der Waals surface area contributed by atoms with Gasteiger partial charge >= 0.3 is 0 Å². The van der Waals surface area contributed by atoms with E-state index in [2.05, 4.69) is 9.82 Å². The van der Waals surface area contributed by atoms with E-state index in [4.69, 9.17) is 10.5 Å². The summed E-state index contributed by atoms with van der Waals surface area (Å²) >= 11 is 0. The molecule has 1 aliphatic rings. The van der Waals surface area contributed by atoms with Gasteiger partial charge in [-0.15, -0.1) is 0 Å². The van der Waals surface area contributed by atoms with Crippen LogP contribution in [0.3, 0.4) is 0 Å². The Kier molecular flexibility index (Phi) is 7.73. The number of hydrogen-bond acceptors (Lipinski definition) is 6. The van der Waals surface area contributed by atoms with Gasteiger partial charge in [0, 0.05) is 24.1 Å². The van der Waals surface area contributed by atoms with Crippen LogP contribution in [-0.2, 0) is 16.4 Å². The number of ketones is 1. The van der Waals surface area contributed by atoms with Gasteiger partial charge in [-0.2, -0.15) is 5.10 Å². The summed E-state index contributed by atoms with van der Waals surface area (Å²) in [5, 5.41) is 3.87. The predicted molar refractivity (Wildman–Crippen MR) is 145 cm³/mol. The molecule has 0 spiro atoms. The lowest BCUT2D eigenvalue weighted by Crippen LogP contribution is -2.18. The molecule has 0 radical (unpaired) electrons. The predicted octanol–water partition coefficient (Wildman–Crippen LogP) is 5.73. The molecule has 14 heteroatoms. The number of ether oxygens (including phenoxy) is 1. The Balaban J connectivity index is 1.37. The zero-order chi connectivity index (χ0) is 30.2. The summed E-state index contributed by atoms with van der Waals surface area (Å²) in [6.45, 7) is -0.850. The van der Waals surface area contributed by atoms with Crippen LogP contribution in [0.1, 0.15) is 27.9 Å². The van der Waals surface area contributed by atoms with E-state index in [1.54, 1.807) is 0 Å². The first-order valence-corrected chi connectivity index (χ1v) is 14.0. The number of nitrogens with zero attached hydrogens (tertiary/aromatic N) is 2. The zero-order valence-corrected chi connectivity index (χ0v) is 22.3. The Labute approximate surface area is 236 Å². The van der Waals surface area contributed by atoms with E-state index in [-0.39, 0.29) is 47.0 Å². The second kappa shape index (κ2) is 11.3. The van der Waals surface area contributed by atoms with Crippen LogP contribution in [0.5, 0.6) is 11.5 Å². The number of benzene rings is 3. The molecule has 1 aliphatic carbocycles. The monoisotopic (exact) mass is 604 g/mol. The molecule has 4 aromatic rings. The molecule has 42 heavy (non-hydrogen) atoms. The summed E-state index contributed by atoms with van der Waals surface area (Å²) < 4.78 is 103. The summed E-state index contributed by atoms with van der Waals surface area (Å²) in [7, 11) is -3.99. The quantitative estimate of drug-likeness (QED) is 0.177. The number of allylic oxidation sites excluding steroid dienone is 1. The number of alkyl halides is 1. The first-order chi connectivity index (χ1) is 20.0. The van der Waals surface area contributed by atoms with Gasteiger partial charge in [-0.3, -0.25) is 13.9 Å². The number of sulfonamides is 1. The molecule has 218 valence electrons. The molecule has 0 saturated carbocycles. The number of nitrogen functional groups attached to an aromatic ring is 1. The van der Waals surface area contributed by atoms with Gasteiger partial charge in [0.25, 0.3) is 0 Å². The third kappa shape index (κ3) is 5.70. The number of para-hydroxylation sites is 1. The van der Waals surface area contributed by atoms with E-state index in [0.29, 0.717) is 15.8 Å². The van der Waals surface area contributed by atoms with E-state index in [1.807, 2.05) is 0 Å². The smallest absolute Gasteiger partial charge is 0.232 e. The third-order valence-corrected chi connectivity index (χ3v) is 7.72. The molecule has 8 nitrogen and oxygen atoms in total. The van der Waals surface area contributed by atoms with E-state index in [0.717, 1.165) is 30.5 Å². The van der Waals surface area contributed by atoms with Gasteiger partial charge in [0.05, 0.1) is 29.9 Å². The highest BCUT2D eigenvalue weighted by Crippen LogP contribution is 2.34. The van der Waals surface area contributed by atoms with Crippen LogP contribution in [0.4, 0.5) is 33.5 Å². The van der Waals surface area contributed by atoms with Crippen molar-refractivity contribution >= 4 is 33.4 Å². The minimum Gasteiger partial charge on any atom is -0.454 e. The van der Waals surface area contributed by atoms with Crippen LogP contribution in [0, 0.1) is 23.3 Å². The van der Waals surface area contributed by atoms with Crippen LogP contribution in [0.2, 0.25) is 0 Å². The fraction of sp³-hybridized carbons (Fsp3) is 0.143. The molecule has 0 amide bonds. The summed E-state index contributed by atoms with van der Waals surface area (Å²) in [5.41, 5.74) is 5.70. The number of aromatic nitrogens is 2. The number of Topliss-reactive ketones (excluding diaryl/α,β-unsaturated/α-hetero) is 1. The number of halogens is 5. The molecule has 0 saturated heterocycles. The van der Waals surface area contributed by atoms with Crippen molar-refractivity contribution in [3.63, 3.8) is 0 Å². The van der Waals surface area contributed by atoms with E-state index >= 15 is 8.78 Å². The third-order valence-electron chi connectivity index (χ3n) is 6.36. The van der Waals surface area contributed by atoms with Gasteiger partial charge in [-0.05, 0) is 47.9 Å². The van der Waals surface area contributed by atoms with Gasteiger partial charge in [-0.1, -0.05) is 12.1 Å². The van der Waals surface area contributed by atoms with Crippen molar-refractivity contribution in [3.05, 3.63) is 100 Å². The highest BCUT2D eigenvalue weighted by Gasteiger charge is 2.27. The molecule has 5 rings (SSSR count). The molecule has 3 N–H and O–H groups in total. The van der Waals surface area contributed by atoms with Crippen LogP contribution in [-0.4, -0.2) is 36.4 Å². The Morgan fingerprint density at radius 2 is 1.74 bits per heavy atom. The molecule has 0 atom stereocenters. The molecular formula is C28H21F5N4O4S. The Morgan fingerprint density at radius 3 is 2.43 bits per heavy atom. The maximum absolute atomic E-state index is 15.0. The van der Waals surface area contributed by atoms with Crippen molar-refractivity contribution in [3.8, 4) is 17.2 Å². The Bertz CT molecular complexity index is 1830. The summed E-state index contributed by atoms with van der Waals surface area (Å²) in [5.74, 6) is -6.09. The molecule has 0 bridgehead atoms. The van der Waals surface area contributed by atoms with Crippen molar-refractivity contribution in [1.82, 2.24) is 9.78 Å². The standard InChI is InChI=1S/C28H21F5N4O4S/c29-6-3-7-42(39,40)36-24-11-16-9-17(8-15(16)10-21(24)31)27(38)19-14-35-37(28(19)34)26-22(32)12-18(13-23(26)33)41-25-5-2-1-4-20(25)30/h1-2,4-5,8,10-14,36H,3,6-7,9,34H2. The van der Waals surface area contributed by atoms with Gasteiger partial charge in [0.15, 0.2) is 29.0 Å². The van der Waals surface area contributed by atoms with Crippen LogP contribution in [0.15, 0.2) is 60.3 Å². The number of hydrogen-bond donors (Lipinski definition) is 2. The number of nitrogens with two attached hydrogens (primary N) is 1. The average molecular weight is 605 g/mol. The lowest BCUT2D eigenvalue weighted by molar-refractivity contribution is 0.103. The van der Waals surface area contributed by atoms with Gasteiger partial charge < -0.3 is 10.5 Å². The van der Waals surface area contributed by atoms with Crippen LogP contribution >= 0.6 is 0 Å². The maximum atomic E-state index is 15.0. The summed E-state index contributed by atoms with van der Waals surface area (Å²) in [6.07, 6.45) is 2.13. The second-order valence-electron chi connectivity index (χ2n) is 9.29. The van der Waals surface area contributed by atoms with Crippen LogP contribution < -0.4 is 15.2 Å². The maximum Gasteiger partial charge on any atom is 0.232 e. The van der Waals surface area contributed by atoms with Crippen molar-refractivity contribution < 1.29 is 39.9 Å². The molecule has 0 aliphatic heterocycles. The number of rotatable bonds is 10. The fourth-order valence-corrected chi connectivity index (χ4v) is 5.48. The first-order valence-electron chi connectivity index (χ1n) is 12.4. The van der Waals surface area contributed by atoms with Crippen molar-refractivity contribution in [1.29, 1.82) is 0 Å². The summed E-state index contributed by atoms with van der Waals surface area (Å²) in [4.78, 5) is 13.3. The fourth-order valence-electron chi connectivity index (χ4n) is 4.39. The SMILES string of the molecule is Nc1c(C(=O)C2=Cc3cc(F)c(NS(=O)(=O)CCCF)cc3C2)cnn1-c1c(F)cc(Oc2ccccc2F)cc1F. The molecule has 1 heterocycles. The molecule has 0 fully saturated rings. The number of carbonyl (C=O) groups excluding carboxylic acids is 1. The van der Waals surface area contributed by atoms with Crippen molar-refractivity contribution in [2.75, 3.05) is 22.9 Å². The number of anilines is 2. The highest BCUT2D eigenvalue weighted by molar-refractivity contribution is 7.92. The topological polar surface area (TPSA) is 116 Å². The largest absolute Gasteiger partial charge is 0.454 e. The lowest BCUT2D eigenvalue weighted by Gasteiger charge is -2.11. The number of fused-ring (bicyclic) bond motifs is 1. The molecular weight excluding hydrogens is 583 g/mol. The second-order valence-corrected chi connectivity index (χ2v) is 11.1. The first kappa shape index (κ1) is 28.8. The minimum atomic E-state index is -3.99. The average Bonchev–Trinajstić information content (AvgIpc) is 3.51. The number of nitrogens with one attached hydrogen (secondary N) is 1. The molecule has 0 unspecified atom stereocenters. The van der Waals surface area contributed by atoms with Crippen LogP contribution in [0.25, 0.3) is 11.8 Å². The van der Waals surface area contributed by atoms with Gasteiger partial charge in [-0.25, -0.2) is 30.7 Å².